The van der Waals surface area contributed by atoms with E-state index < -0.39 is 6.10 Å². The molecule has 0 saturated carbocycles. The third-order valence-corrected chi connectivity index (χ3v) is 2.57. The Morgan fingerprint density at radius 3 is 2.12 bits per heavy atom. The molecule has 2 unspecified atom stereocenters. The van der Waals surface area contributed by atoms with Gasteiger partial charge in [-0.15, -0.1) is 0 Å². The van der Waals surface area contributed by atoms with E-state index in [-0.39, 0.29) is 11.6 Å². The van der Waals surface area contributed by atoms with Gasteiger partial charge in [-0.3, -0.25) is 0 Å². The summed E-state index contributed by atoms with van der Waals surface area (Å²) < 4.78 is 5.73. The largest absolute Gasteiger partial charge is 0.488 e. The number of ether oxygens (including phenoxy) is 1. The van der Waals surface area contributed by atoms with E-state index in [0.29, 0.717) is 0 Å². The Hall–Kier alpha value is -1.06. The Bertz CT molecular complexity index is 340. The quantitative estimate of drug-likeness (QED) is 0.845. The van der Waals surface area contributed by atoms with Crippen molar-refractivity contribution in [1.29, 1.82) is 0 Å². The summed E-state index contributed by atoms with van der Waals surface area (Å²) in [5, 5.41) is 13.0. The van der Waals surface area contributed by atoms with Crippen molar-refractivity contribution in [2.75, 3.05) is 7.05 Å². The fourth-order valence-electron chi connectivity index (χ4n) is 1.53. The number of nitrogens with one attached hydrogen (secondary N) is 1. The molecule has 0 aliphatic heterocycles. The normalized spacial score (nSPS) is 15.4. The molecule has 96 valence electrons. The van der Waals surface area contributed by atoms with Gasteiger partial charge in [0.25, 0.3) is 0 Å². The van der Waals surface area contributed by atoms with Gasteiger partial charge in [0.2, 0.25) is 0 Å². The Morgan fingerprint density at radius 2 is 1.71 bits per heavy atom. The van der Waals surface area contributed by atoms with E-state index in [1.807, 2.05) is 59.0 Å². The lowest BCUT2D eigenvalue weighted by atomic mass is 10.0. The second kappa shape index (κ2) is 5.52. The summed E-state index contributed by atoms with van der Waals surface area (Å²) in [6, 6.07) is 7.63. The van der Waals surface area contributed by atoms with Crippen LogP contribution in [0.5, 0.6) is 5.75 Å². The average Bonchev–Trinajstić information content (AvgIpc) is 2.26. The van der Waals surface area contributed by atoms with Crippen molar-refractivity contribution in [3.63, 3.8) is 0 Å². The minimum atomic E-state index is -0.497. The molecule has 1 aromatic rings. The molecule has 0 saturated heterocycles. The molecule has 0 heterocycles. The zero-order valence-electron chi connectivity index (χ0n) is 11.3. The van der Waals surface area contributed by atoms with Crippen LogP contribution in [0.2, 0.25) is 0 Å². The highest BCUT2D eigenvalue weighted by Gasteiger charge is 2.15. The van der Waals surface area contributed by atoms with E-state index in [1.165, 1.54) is 0 Å². The van der Waals surface area contributed by atoms with Gasteiger partial charge in [0.15, 0.2) is 0 Å². The van der Waals surface area contributed by atoms with Crippen LogP contribution in [0.1, 0.15) is 39.4 Å². The Labute approximate surface area is 104 Å². The topological polar surface area (TPSA) is 41.5 Å². The highest BCUT2D eigenvalue weighted by molar-refractivity contribution is 5.29. The standard InChI is InChI=1S/C14H23NO2/c1-10(15-5)13(16)11-6-8-12(9-7-11)17-14(2,3)4/h6-10,13,15-16H,1-5H3. The van der Waals surface area contributed by atoms with Gasteiger partial charge in [-0.1, -0.05) is 12.1 Å². The molecule has 3 heteroatoms. The first-order chi connectivity index (χ1) is 7.83. The van der Waals surface area contributed by atoms with Crippen LogP contribution in [0.25, 0.3) is 0 Å². The zero-order valence-corrected chi connectivity index (χ0v) is 11.3. The van der Waals surface area contributed by atoms with Gasteiger partial charge in [0.1, 0.15) is 11.4 Å². The predicted molar refractivity (Wildman–Crippen MR) is 70.3 cm³/mol. The average molecular weight is 237 g/mol. The molecular formula is C14H23NO2. The molecule has 1 rings (SSSR count). The van der Waals surface area contributed by atoms with Gasteiger partial charge >= 0.3 is 0 Å². The molecule has 0 amide bonds. The van der Waals surface area contributed by atoms with Crippen LogP contribution in [0, 0.1) is 0 Å². The fourth-order valence-corrected chi connectivity index (χ4v) is 1.53. The van der Waals surface area contributed by atoms with Gasteiger partial charge in [0, 0.05) is 6.04 Å². The maximum atomic E-state index is 10.0. The Morgan fingerprint density at radius 1 is 1.18 bits per heavy atom. The Kier molecular flexibility index (Phi) is 4.54. The SMILES string of the molecule is CNC(C)C(O)c1ccc(OC(C)(C)C)cc1. The van der Waals surface area contributed by atoms with Crippen molar-refractivity contribution in [2.45, 2.75) is 45.4 Å². The monoisotopic (exact) mass is 237 g/mol. The number of rotatable bonds is 4. The lowest BCUT2D eigenvalue weighted by Crippen LogP contribution is -2.28. The van der Waals surface area contributed by atoms with Crippen LogP contribution in [-0.4, -0.2) is 23.8 Å². The third-order valence-electron chi connectivity index (χ3n) is 2.57. The van der Waals surface area contributed by atoms with Gasteiger partial charge < -0.3 is 15.2 Å². The summed E-state index contributed by atoms with van der Waals surface area (Å²) in [5.74, 6) is 0.825. The van der Waals surface area contributed by atoms with Crippen LogP contribution in [0.3, 0.4) is 0 Å². The summed E-state index contributed by atoms with van der Waals surface area (Å²) in [7, 11) is 1.84. The maximum Gasteiger partial charge on any atom is 0.120 e. The first kappa shape index (κ1) is 14.0. The molecule has 2 atom stereocenters. The Balaban J connectivity index is 2.74. The molecule has 2 N–H and O–H groups in total. The van der Waals surface area contributed by atoms with E-state index in [1.54, 1.807) is 0 Å². The van der Waals surface area contributed by atoms with Gasteiger partial charge in [-0.05, 0) is 52.4 Å². The first-order valence-electron chi connectivity index (χ1n) is 5.98. The van der Waals surface area contributed by atoms with E-state index in [2.05, 4.69) is 5.32 Å². The molecule has 0 aliphatic carbocycles. The lowest BCUT2D eigenvalue weighted by molar-refractivity contribution is 0.129. The van der Waals surface area contributed by atoms with Crippen LogP contribution in [0.15, 0.2) is 24.3 Å². The van der Waals surface area contributed by atoms with Gasteiger partial charge in [-0.25, -0.2) is 0 Å². The van der Waals surface area contributed by atoms with Crippen molar-refractivity contribution < 1.29 is 9.84 Å². The van der Waals surface area contributed by atoms with Crippen LogP contribution in [0.4, 0.5) is 0 Å². The number of hydrogen-bond acceptors (Lipinski definition) is 3. The molecule has 0 radical (unpaired) electrons. The number of aliphatic hydroxyl groups excluding tert-OH is 1. The minimum absolute atomic E-state index is 0.0318. The number of likely N-dealkylation sites (N-methyl/N-ethyl adjacent to an activating group) is 1. The minimum Gasteiger partial charge on any atom is -0.488 e. The molecule has 0 aliphatic rings. The van der Waals surface area contributed by atoms with Crippen LogP contribution >= 0.6 is 0 Å². The molecule has 17 heavy (non-hydrogen) atoms. The fraction of sp³-hybridized carbons (Fsp3) is 0.571. The van der Waals surface area contributed by atoms with E-state index in [9.17, 15) is 5.11 Å². The highest BCUT2D eigenvalue weighted by atomic mass is 16.5. The summed E-state index contributed by atoms with van der Waals surface area (Å²) in [4.78, 5) is 0. The number of benzene rings is 1. The molecule has 1 aromatic carbocycles. The lowest BCUT2D eigenvalue weighted by Gasteiger charge is -2.22. The van der Waals surface area contributed by atoms with Crippen LogP contribution in [-0.2, 0) is 0 Å². The van der Waals surface area contributed by atoms with Crippen molar-refractivity contribution in [1.82, 2.24) is 5.32 Å². The molecule has 0 aromatic heterocycles. The van der Waals surface area contributed by atoms with Crippen molar-refractivity contribution >= 4 is 0 Å². The van der Waals surface area contributed by atoms with Crippen molar-refractivity contribution in [3.05, 3.63) is 29.8 Å². The smallest absolute Gasteiger partial charge is 0.120 e. The van der Waals surface area contributed by atoms with E-state index in [0.717, 1.165) is 11.3 Å². The number of aliphatic hydroxyl groups is 1. The summed E-state index contributed by atoms with van der Waals surface area (Å²) in [6.07, 6.45) is -0.497. The summed E-state index contributed by atoms with van der Waals surface area (Å²) >= 11 is 0. The zero-order chi connectivity index (χ0) is 13.1. The molecule has 3 nitrogen and oxygen atoms in total. The molecular weight excluding hydrogens is 214 g/mol. The van der Waals surface area contributed by atoms with E-state index >= 15 is 0 Å². The van der Waals surface area contributed by atoms with E-state index in [4.69, 9.17) is 4.74 Å². The third kappa shape index (κ3) is 4.36. The molecule has 0 spiro atoms. The number of hydrogen-bond donors (Lipinski definition) is 2. The predicted octanol–water partition coefficient (Wildman–Crippen LogP) is 2.51. The second-order valence-corrected chi connectivity index (χ2v) is 5.31. The van der Waals surface area contributed by atoms with Gasteiger partial charge in [0.05, 0.1) is 6.10 Å². The van der Waals surface area contributed by atoms with Crippen molar-refractivity contribution in [2.24, 2.45) is 0 Å². The second-order valence-electron chi connectivity index (χ2n) is 5.31. The summed E-state index contributed by atoms with van der Waals surface area (Å²) in [6.45, 7) is 7.99. The van der Waals surface area contributed by atoms with Crippen LogP contribution < -0.4 is 10.1 Å². The van der Waals surface area contributed by atoms with Crippen molar-refractivity contribution in [3.8, 4) is 5.75 Å². The maximum absolute atomic E-state index is 10.0. The molecule has 0 bridgehead atoms. The molecule has 0 fully saturated rings. The van der Waals surface area contributed by atoms with Gasteiger partial charge in [-0.2, -0.15) is 0 Å². The first-order valence-corrected chi connectivity index (χ1v) is 5.98. The summed E-state index contributed by atoms with van der Waals surface area (Å²) in [5.41, 5.74) is 0.700. The highest BCUT2D eigenvalue weighted by Crippen LogP contribution is 2.22.